The van der Waals surface area contributed by atoms with E-state index >= 15 is 0 Å². The van der Waals surface area contributed by atoms with E-state index in [1.165, 1.54) is 25.7 Å². The molecule has 2 aliphatic carbocycles. The summed E-state index contributed by atoms with van der Waals surface area (Å²) in [5.74, 6) is 0.974. The minimum absolute atomic E-state index is 0.102. The number of aromatic nitrogens is 1. The summed E-state index contributed by atoms with van der Waals surface area (Å²) in [4.78, 5) is 19.2. The molecule has 1 saturated heterocycles. The number of anilines is 1. The van der Waals surface area contributed by atoms with Gasteiger partial charge in [-0.25, -0.2) is 4.98 Å². The van der Waals surface area contributed by atoms with Gasteiger partial charge in [0.25, 0.3) is 5.91 Å². The summed E-state index contributed by atoms with van der Waals surface area (Å²) >= 11 is 0. The predicted molar refractivity (Wildman–Crippen MR) is 83.9 cm³/mol. The van der Waals surface area contributed by atoms with Crippen LogP contribution in [0.3, 0.4) is 0 Å². The Hall–Kier alpha value is -1.62. The first kappa shape index (κ1) is 14.0. The van der Waals surface area contributed by atoms with Crippen LogP contribution in [0.25, 0.3) is 0 Å². The Labute approximate surface area is 131 Å². The molecule has 0 spiro atoms. The van der Waals surface area contributed by atoms with Gasteiger partial charge in [0.2, 0.25) is 0 Å². The monoisotopic (exact) mass is 301 g/mol. The maximum atomic E-state index is 12.8. The van der Waals surface area contributed by atoms with E-state index in [9.17, 15) is 4.79 Å². The van der Waals surface area contributed by atoms with Gasteiger partial charge in [0.15, 0.2) is 0 Å². The van der Waals surface area contributed by atoms with Crippen molar-refractivity contribution in [2.45, 2.75) is 56.7 Å². The number of carbonyl (C=O) groups is 1. The molecule has 5 nitrogen and oxygen atoms in total. The number of nitrogens with one attached hydrogen (secondary N) is 1. The summed E-state index contributed by atoms with van der Waals surface area (Å²) in [7, 11) is 0. The van der Waals surface area contributed by atoms with Gasteiger partial charge in [-0.05, 0) is 37.8 Å². The molecule has 5 heteroatoms. The van der Waals surface area contributed by atoms with Crippen LogP contribution in [0, 0.1) is 0 Å². The normalized spacial score (nSPS) is 28.1. The highest BCUT2D eigenvalue weighted by Crippen LogP contribution is 2.29. The van der Waals surface area contributed by atoms with Gasteiger partial charge in [-0.1, -0.05) is 12.8 Å². The second-order valence-electron chi connectivity index (χ2n) is 6.61. The van der Waals surface area contributed by atoms with E-state index in [0.29, 0.717) is 24.8 Å². The lowest BCUT2D eigenvalue weighted by Gasteiger charge is -2.43. The fourth-order valence-corrected chi connectivity index (χ4v) is 3.56. The summed E-state index contributed by atoms with van der Waals surface area (Å²) in [6, 6.07) is 4.65. The van der Waals surface area contributed by atoms with E-state index in [2.05, 4.69) is 10.3 Å². The minimum atomic E-state index is 0.102. The first-order valence-corrected chi connectivity index (χ1v) is 8.46. The van der Waals surface area contributed by atoms with Crippen LogP contribution in [-0.4, -0.2) is 47.1 Å². The second kappa shape index (κ2) is 5.88. The van der Waals surface area contributed by atoms with Gasteiger partial charge >= 0.3 is 0 Å². The quantitative estimate of drug-likeness (QED) is 0.931. The number of nitrogens with zero attached hydrogens (tertiary/aromatic N) is 2. The summed E-state index contributed by atoms with van der Waals surface area (Å²) in [5, 5.41) is 3.35. The number of hydrogen-bond acceptors (Lipinski definition) is 4. The lowest BCUT2D eigenvalue weighted by Crippen LogP contribution is -2.54. The van der Waals surface area contributed by atoms with Crippen molar-refractivity contribution < 1.29 is 9.53 Å². The molecule has 2 atom stereocenters. The Kier molecular flexibility index (Phi) is 3.74. The molecule has 1 amide bonds. The molecule has 1 aromatic heterocycles. The Bertz CT molecular complexity index is 539. The molecule has 3 aliphatic rings. The number of amides is 1. The highest BCUT2D eigenvalue weighted by Gasteiger charge is 2.37. The van der Waals surface area contributed by atoms with Crippen LogP contribution < -0.4 is 5.32 Å². The van der Waals surface area contributed by atoms with E-state index in [4.69, 9.17) is 4.74 Å². The highest BCUT2D eigenvalue weighted by atomic mass is 16.5. The molecule has 1 N–H and O–H groups in total. The first-order chi connectivity index (χ1) is 10.8. The molecule has 22 heavy (non-hydrogen) atoms. The number of rotatable bonds is 3. The molecule has 4 rings (SSSR count). The highest BCUT2D eigenvalue weighted by molar-refractivity contribution is 5.94. The lowest BCUT2D eigenvalue weighted by atomic mass is 9.90. The number of fused-ring (bicyclic) bond motifs is 1. The van der Waals surface area contributed by atoms with E-state index in [1.807, 2.05) is 17.0 Å². The molecule has 0 aromatic carbocycles. The molecule has 0 radical (unpaired) electrons. The van der Waals surface area contributed by atoms with Gasteiger partial charge in [0.05, 0.1) is 24.3 Å². The van der Waals surface area contributed by atoms with Crippen molar-refractivity contribution in [2.75, 3.05) is 18.5 Å². The summed E-state index contributed by atoms with van der Waals surface area (Å²) in [6.45, 7) is 1.35. The van der Waals surface area contributed by atoms with Crippen LogP contribution in [0.5, 0.6) is 0 Å². The van der Waals surface area contributed by atoms with E-state index < -0.39 is 0 Å². The maximum absolute atomic E-state index is 12.8. The van der Waals surface area contributed by atoms with E-state index in [0.717, 1.165) is 18.7 Å². The molecule has 118 valence electrons. The van der Waals surface area contributed by atoms with Crippen molar-refractivity contribution in [1.29, 1.82) is 0 Å². The van der Waals surface area contributed by atoms with Gasteiger partial charge in [-0.15, -0.1) is 0 Å². The number of hydrogen-bond donors (Lipinski definition) is 1. The smallest absolute Gasteiger partial charge is 0.255 e. The third-order valence-corrected chi connectivity index (χ3v) is 4.93. The SMILES string of the molecule is O=C(c1ccc(NC2CC2)nc1)N1CCOC2CCCCC21. The fourth-order valence-electron chi connectivity index (χ4n) is 3.56. The third kappa shape index (κ3) is 2.82. The Morgan fingerprint density at radius 2 is 2.09 bits per heavy atom. The molecular weight excluding hydrogens is 278 g/mol. The standard InChI is InChI=1S/C17H23N3O2/c21-17(12-5-8-16(18-11-12)19-13-6-7-13)20-9-10-22-15-4-2-1-3-14(15)20/h5,8,11,13-15H,1-4,6-7,9-10H2,(H,18,19). The average Bonchev–Trinajstić information content (AvgIpc) is 3.38. The average molecular weight is 301 g/mol. The van der Waals surface area contributed by atoms with Crippen LogP contribution in [-0.2, 0) is 4.74 Å². The molecule has 2 saturated carbocycles. The predicted octanol–water partition coefficient (Wildman–Crippen LogP) is 2.44. The van der Waals surface area contributed by atoms with Crippen molar-refractivity contribution in [3.05, 3.63) is 23.9 Å². The van der Waals surface area contributed by atoms with Crippen LogP contribution >= 0.6 is 0 Å². The fraction of sp³-hybridized carbons (Fsp3) is 0.647. The molecule has 1 aliphatic heterocycles. The van der Waals surface area contributed by atoms with Crippen molar-refractivity contribution in [2.24, 2.45) is 0 Å². The molecule has 3 fully saturated rings. The van der Waals surface area contributed by atoms with Crippen molar-refractivity contribution in [1.82, 2.24) is 9.88 Å². The zero-order valence-corrected chi connectivity index (χ0v) is 12.8. The second-order valence-corrected chi connectivity index (χ2v) is 6.61. The molecular formula is C17H23N3O2. The van der Waals surface area contributed by atoms with E-state index in [1.54, 1.807) is 6.20 Å². The topological polar surface area (TPSA) is 54.5 Å². The van der Waals surface area contributed by atoms with Gasteiger partial charge in [-0.2, -0.15) is 0 Å². The third-order valence-electron chi connectivity index (χ3n) is 4.93. The first-order valence-electron chi connectivity index (χ1n) is 8.46. The number of morpholine rings is 1. The van der Waals surface area contributed by atoms with Crippen molar-refractivity contribution in [3.8, 4) is 0 Å². The van der Waals surface area contributed by atoms with Crippen LogP contribution in [0.1, 0.15) is 48.9 Å². The van der Waals surface area contributed by atoms with Gasteiger partial charge in [0, 0.05) is 18.8 Å². The van der Waals surface area contributed by atoms with Crippen molar-refractivity contribution >= 4 is 11.7 Å². The van der Waals surface area contributed by atoms with Gasteiger partial charge in [0.1, 0.15) is 5.82 Å². The van der Waals surface area contributed by atoms with Crippen LogP contribution in [0.15, 0.2) is 18.3 Å². The minimum Gasteiger partial charge on any atom is -0.374 e. The Balaban J connectivity index is 1.47. The molecule has 0 bridgehead atoms. The number of carbonyl (C=O) groups excluding carboxylic acids is 1. The lowest BCUT2D eigenvalue weighted by molar-refractivity contribution is -0.0752. The van der Waals surface area contributed by atoms with Gasteiger partial charge < -0.3 is 15.0 Å². The maximum Gasteiger partial charge on any atom is 0.255 e. The van der Waals surface area contributed by atoms with Crippen LogP contribution in [0.4, 0.5) is 5.82 Å². The number of pyridine rings is 1. The molecule has 2 heterocycles. The zero-order valence-electron chi connectivity index (χ0n) is 12.8. The van der Waals surface area contributed by atoms with E-state index in [-0.39, 0.29) is 18.1 Å². The molecule has 2 unspecified atom stereocenters. The summed E-state index contributed by atoms with van der Waals surface area (Å²) in [6.07, 6.45) is 8.93. The molecule has 1 aromatic rings. The Morgan fingerprint density at radius 1 is 1.23 bits per heavy atom. The largest absolute Gasteiger partial charge is 0.374 e. The zero-order chi connectivity index (χ0) is 14.9. The number of ether oxygens (including phenoxy) is 1. The Morgan fingerprint density at radius 3 is 2.86 bits per heavy atom. The summed E-state index contributed by atoms with van der Waals surface area (Å²) < 4.78 is 5.85. The van der Waals surface area contributed by atoms with Crippen LogP contribution in [0.2, 0.25) is 0 Å². The summed E-state index contributed by atoms with van der Waals surface area (Å²) in [5.41, 5.74) is 0.688. The van der Waals surface area contributed by atoms with Gasteiger partial charge in [-0.3, -0.25) is 4.79 Å². The van der Waals surface area contributed by atoms with Crippen molar-refractivity contribution in [3.63, 3.8) is 0 Å².